The first-order valence-electron chi connectivity index (χ1n) is 7.04. The Morgan fingerprint density at radius 3 is 2.71 bits per heavy atom. The van der Waals surface area contributed by atoms with E-state index in [2.05, 4.69) is 23.7 Å². The molecule has 0 aliphatic heterocycles. The number of carboxylic acids is 1. The van der Waals surface area contributed by atoms with Gasteiger partial charge in [0.1, 0.15) is 17.6 Å². The summed E-state index contributed by atoms with van der Waals surface area (Å²) >= 11 is 0. The molecule has 1 aromatic heterocycles. The van der Waals surface area contributed by atoms with Crippen molar-refractivity contribution in [3.63, 3.8) is 0 Å². The van der Waals surface area contributed by atoms with Crippen molar-refractivity contribution < 1.29 is 14.8 Å². The van der Waals surface area contributed by atoms with Crippen LogP contribution in [0.2, 0.25) is 0 Å². The predicted octanol–water partition coefficient (Wildman–Crippen LogP) is 2.70. The Bertz CT molecular complexity index is 555. The van der Waals surface area contributed by atoms with Crippen molar-refractivity contribution >= 4 is 17.5 Å². The number of aromatic nitrogens is 1. The van der Waals surface area contributed by atoms with Crippen LogP contribution in [0.3, 0.4) is 0 Å². The summed E-state index contributed by atoms with van der Waals surface area (Å²) in [6.07, 6.45) is 4.12. The molecule has 1 N–H and O–H groups in total. The fraction of sp³-hybridized carbons (Fsp3) is 0.571. The first-order chi connectivity index (χ1) is 9.90. The van der Waals surface area contributed by atoms with Crippen LogP contribution in [-0.4, -0.2) is 33.6 Å². The van der Waals surface area contributed by atoms with Crippen molar-refractivity contribution in [2.45, 2.75) is 39.2 Å². The van der Waals surface area contributed by atoms with E-state index >= 15 is 0 Å². The monoisotopic (exact) mass is 293 g/mol. The van der Waals surface area contributed by atoms with Crippen molar-refractivity contribution in [3.8, 4) is 0 Å². The standard InChI is InChI=1S/C14H19N3O4/c1-9(2)5-6-16(10-3-4-10)13-7-11(14(18)19)12(8-15-13)17(20)21/h7-10H,3-6H2,1-2H3,(H,18,19). The zero-order valence-electron chi connectivity index (χ0n) is 12.2. The third kappa shape index (κ3) is 3.68. The van der Waals surface area contributed by atoms with Crippen molar-refractivity contribution in [2.24, 2.45) is 5.92 Å². The van der Waals surface area contributed by atoms with Gasteiger partial charge in [0.25, 0.3) is 0 Å². The summed E-state index contributed by atoms with van der Waals surface area (Å²) in [6, 6.07) is 1.69. The Labute approximate surface area is 122 Å². The maximum atomic E-state index is 11.2. The van der Waals surface area contributed by atoms with Gasteiger partial charge in [-0.2, -0.15) is 0 Å². The molecule has 7 nitrogen and oxygen atoms in total. The van der Waals surface area contributed by atoms with Crippen LogP contribution in [0.25, 0.3) is 0 Å². The maximum absolute atomic E-state index is 11.2. The molecule has 0 saturated heterocycles. The van der Waals surface area contributed by atoms with E-state index in [1.165, 1.54) is 6.07 Å². The van der Waals surface area contributed by atoms with Gasteiger partial charge in [-0.1, -0.05) is 13.8 Å². The number of nitrogens with zero attached hydrogens (tertiary/aromatic N) is 3. The SMILES string of the molecule is CC(C)CCN(c1cc(C(=O)O)c([N+](=O)[O-])cn1)C1CC1. The van der Waals surface area contributed by atoms with Gasteiger partial charge in [0.2, 0.25) is 0 Å². The highest BCUT2D eigenvalue weighted by Crippen LogP contribution is 2.32. The molecule has 7 heteroatoms. The van der Waals surface area contributed by atoms with Crippen molar-refractivity contribution in [1.29, 1.82) is 0 Å². The van der Waals surface area contributed by atoms with Gasteiger partial charge in [-0.3, -0.25) is 10.1 Å². The smallest absolute Gasteiger partial charge is 0.342 e. The van der Waals surface area contributed by atoms with Gasteiger partial charge in [0.05, 0.1) is 4.92 Å². The van der Waals surface area contributed by atoms with Crippen LogP contribution < -0.4 is 4.90 Å². The number of carboxylic acid groups (broad SMARTS) is 1. The van der Waals surface area contributed by atoms with E-state index in [1.807, 2.05) is 0 Å². The molecule has 0 atom stereocenters. The summed E-state index contributed by atoms with van der Waals surface area (Å²) in [5.74, 6) is -0.255. The molecule has 1 aromatic rings. The molecule has 0 amide bonds. The molecule has 0 aromatic carbocycles. The Morgan fingerprint density at radius 1 is 1.57 bits per heavy atom. The third-order valence-electron chi connectivity index (χ3n) is 3.52. The van der Waals surface area contributed by atoms with E-state index in [9.17, 15) is 14.9 Å². The molecule has 0 radical (unpaired) electrons. The lowest BCUT2D eigenvalue weighted by atomic mass is 10.1. The number of hydrogen-bond acceptors (Lipinski definition) is 5. The number of carbonyl (C=O) groups is 1. The van der Waals surface area contributed by atoms with Gasteiger partial charge < -0.3 is 10.0 Å². The molecule has 1 aliphatic carbocycles. The van der Waals surface area contributed by atoms with E-state index in [0.717, 1.165) is 32.0 Å². The average molecular weight is 293 g/mol. The number of pyridine rings is 1. The van der Waals surface area contributed by atoms with Crippen molar-refractivity contribution in [3.05, 3.63) is 27.9 Å². The van der Waals surface area contributed by atoms with E-state index in [4.69, 9.17) is 5.11 Å². The van der Waals surface area contributed by atoms with Gasteiger partial charge in [-0.15, -0.1) is 0 Å². The van der Waals surface area contributed by atoms with Gasteiger partial charge >= 0.3 is 11.7 Å². The van der Waals surface area contributed by atoms with Crippen LogP contribution >= 0.6 is 0 Å². The van der Waals surface area contributed by atoms with Gasteiger partial charge in [-0.05, 0) is 25.2 Å². The minimum Gasteiger partial charge on any atom is -0.477 e. The Balaban J connectivity index is 2.30. The lowest BCUT2D eigenvalue weighted by Gasteiger charge is -2.24. The summed E-state index contributed by atoms with van der Waals surface area (Å²) in [7, 11) is 0. The highest BCUT2D eigenvalue weighted by atomic mass is 16.6. The molecule has 2 rings (SSSR count). The fourth-order valence-electron chi connectivity index (χ4n) is 2.18. The Morgan fingerprint density at radius 2 is 2.24 bits per heavy atom. The van der Waals surface area contributed by atoms with Crippen LogP contribution in [0, 0.1) is 16.0 Å². The van der Waals surface area contributed by atoms with E-state index in [1.54, 1.807) is 0 Å². The molecule has 1 heterocycles. The van der Waals surface area contributed by atoms with Gasteiger partial charge in [0.15, 0.2) is 0 Å². The summed E-state index contributed by atoms with van der Waals surface area (Å²) in [6.45, 7) is 5.03. The van der Waals surface area contributed by atoms with E-state index in [-0.39, 0.29) is 5.56 Å². The van der Waals surface area contributed by atoms with Gasteiger partial charge in [0, 0.05) is 18.7 Å². The van der Waals surface area contributed by atoms with Crippen molar-refractivity contribution in [2.75, 3.05) is 11.4 Å². The molecule has 1 aliphatic rings. The minimum atomic E-state index is -1.30. The molecule has 1 saturated carbocycles. The predicted molar refractivity (Wildman–Crippen MR) is 77.7 cm³/mol. The summed E-state index contributed by atoms with van der Waals surface area (Å²) in [5.41, 5.74) is -0.772. The zero-order valence-corrected chi connectivity index (χ0v) is 12.2. The lowest BCUT2D eigenvalue weighted by Crippen LogP contribution is -2.29. The summed E-state index contributed by atoms with van der Waals surface area (Å²) < 4.78 is 0. The molecule has 21 heavy (non-hydrogen) atoms. The van der Waals surface area contributed by atoms with Gasteiger partial charge in [-0.25, -0.2) is 9.78 Å². The molecular weight excluding hydrogens is 274 g/mol. The van der Waals surface area contributed by atoms with Crippen LogP contribution in [0.5, 0.6) is 0 Å². The first kappa shape index (κ1) is 15.2. The van der Waals surface area contributed by atoms with Crippen LogP contribution in [0.15, 0.2) is 12.3 Å². The first-order valence-corrected chi connectivity index (χ1v) is 7.04. The second-order valence-electron chi connectivity index (χ2n) is 5.73. The topological polar surface area (TPSA) is 96.6 Å². The third-order valence-corrected chi connectivity index (χ3v) is 3.52. The largest absolute Gasteiger partial charge is 0.477 e. The van der Waals surface area contributed by atoms with Crippen LogP contribution in [-0.2, 0) is 0 Å². The highest BCUT2D eigenvalue weighted by molar-refractivity contribution is 5.93. The molecule has 114 valence electrons. The maximum Gasteiger partial charge on any atom is 0.342 e. The van der Waals surface area contributed by atoms with Crippen LogP contribution in [0.1, 0.15) is 43.5 Å². The zero-order chi connectivity index (χ0) is 15.6. The molecular formula is C14H19N3O4. The Hall–Kier alpha value is -2.18. The molecule has 0 spiro atoms. The Kier molecular flexibility index (Phi) is 4.40. The van der Waals surface area contributed by atoms with Crippen LogP contribution in [0.4, 0.5) is 11.5 Å². The summed E-state index contributed by atoms with van der Waals surface area (Å²) in [5, 5.41) is 20.0. The fourth-order valence-corrected chi connectivity index (χ4v) is 2.18. The number of rotatable bonds is 7. The van der Waals surface area contributed by atoms with Crippen molar-refractivity contribution in [1.82, 2.24) is 4.98 Å². The number of anilines is 1. The minimum absolute atomic E-state index is 0.305. The van der Waals surface area contributed by atoms with E-state index in [0.29, 0.717) is 17.8 Å². The highest BCUT2D eigenvalue weighted by Gasteiger charge is 2.31. The molecule has 0 bridgehead atoms. The lowest BCUT2D eigenvalue weighted by molar-refractivity contribution is -0.385. The van der Waals surface area contributed by atoms with E-state index < -0.39 is 16.6 Å². The second-order valence-corrected chi connectivity index (χ2v) is 5.73. The quantitative estimate of drug-likeness (QED) is 0.613. The number of nitro groups is 1. The number of aromatic carboxylic acids is 1. The number of hydrogen-bond donors (Lipinski definition) is 1. The summed E-state index contributed by atoms with van der Waals surface area (Å²) in [4.78, 5) is 27.5. The molecule has 0 unspecified atom stereocenters. The second kappa shape index (κ2) is 6.07. The normalized spacial score (nSPS) is 14.2. The average Bonchev–Trinajstić information content (AvgIpc) is 3.22. The molecule has 1 fully saturated rings.